The predicted molar refractivity (Wildman–Crippen MR) is 121 cm³/mol. The number of carbonyl (C=O) groups excluding carboxylic acids is 1. The number of nitro benzene ring substituents is 1. The second-order valence-electron chi connectivity index (χ2n) is 8.02. The molecule has 2 aromatic heterocycles. The molecule has 2 heterocycles. The first-order valence-electron chi connectivity index (χ1n) is 9.67. The Morgan fingerprint density at radius 3 is 2.62 bits per heavy atom. The number of benzene rings is 2. The molecule has 162 valence electrons. The molecule has 0 aliphatic rings. The van der Waals surface area contributed by atoms with Gasteiger partial charge in [0, 0.05) is 28.5 Å². The fourth-order valence-electron chi connectivity index (χ4n) is 2.91. The summed E-state index contributed by atoms with van der Waals surface area (Å²) in [4.78, 5) is 32.4. The van der Waals surface area contributed by atoms with Crippen LogP contribution in [0.4, 0.5) is 10.8 Å². The summed E-state index contributed by atoms with van der Waals surface area (Å²) < 4.78 is 5.40. The van der Waals surface area contributed by atoms with E-state index in [4.69, 9.17) is 4.52 Å². The summed E-state index contributed by atoms with van der Waals surface area (Å²) in [6.07, 6.45) is 0. The number of anilines is 1. The van der Waals surface area contributed by atoms with Gasteiger partial charge in [-0.25, -0.2) is 4.98 Å². The molecule has 0 radical (unpaired) electrons. The molecule has 0 spiro atoms. The number of thiazole rings is 1. The van der Waals surface area contributed by atoms with Crippen LogP contribution in [0, 0.1) is 10.1 Å². The second-order valence-corrected chi connectivity index (χ2v) is 8.88. The van der Waals surface area contributed by atoms with E-state index in [0.29, 0.717) is 33.3 Å². The maximum absolute atomic E-state index is 13.0. The van der Waals surface area contributed by atoms with Crippen LogP contribution in [0.1, 0.15) is 37.0 Å². The molecule has 2 aromatic carbocycles. The van der Waals surface area contributed by atoms with Crippen LogP contribution in [0.2, 0.25) is 0 Å². The summed E-state index contributed by atoms with van der Waals surface area (Å²) in [7, 11) is 0. The van der Waals surface area contributed by atoms with Gasteiger partial charge in [0.05, 0.1) is 21.7 Å². The standard InChI is InChI=1S/C22H19N5O4S/c1-22(2,3)20-25-19(31-26-20)16-10-5-4-9-15(16)18(28)24-21-23-17(12-32-21)13-7-6-8-14(11-13)27(29)30/h4-12H,1-3H3,(H,23,24,28). The van der Waals surface area contributed by atoms with Crippen molar-refractivity contribution in [3.05, 3.63) is 75.4 Å². The smallest absolute Gasteiger partial charge is 0.270 e. The van der Waals surface area contributed by atoms with Gasteiger partial charge in [0.1, 0.15) is 0 Å². The summed E-state index contributed by atoms with van der Waals surface area (Å²) in [5.74, 6) is 0.428. The third-order valence-corrected chi connectivity index (χ3v) is 5.33. The third-order valence-electron chi connectivity index (χ3n) is 4.58. The van der Waals surface area contributed by atoms with E-state index >= 15 is 0 Å². The lowest BCUT2D eigenvalue weighted by atomic mass is 9.96. The summed E-state index contributed by atoms with van der Waals surface area (Å²) >= 11 is 1.23. The normalized spacial score (nSPS) is 11.3. The van der Waals surface area contributed by atoms with Crippen LogP contribution in [-0.2, 0) is 5.41 Å². The Bertz CT molecular complexity index is 1310. The number of rotatable bonds is 5. The zero-order valence-corrected chi connectivity index (χ0v) is 18.3. The first kappa shape index (κ1) is 21.3. The van der Waals surface area contributed by atoms with E-state index in [9.17, 15) is 14.9 Å². The number of non-ortho nitro benzene ring substituents is 1. The molecule has 0 atom stereocenters. The maximum atomic E-state index is 13.0. The van der Waals surface area contributed by atoms with Crippen molar-refractivity contribution in [3.8, 4) is 22.7 Å². The largest absolute Gasteiger partial charge is 0.334 e. The van der Waals surface area contributed by atoms with Crippen LogP contribution in [0.5, 0.6) is 0 Å². The lowest BCUT2D eigenvalue weighted by Crippen LogP contribution is -2.14. The minimum absolute atomic E-state index is 0.0239. The predicted octanol–water partition coefficient (Wildman–Crippen LogP) is 5.32. The number of amides is 1. The Morgan fingerprint density at radius 1 is 1.12 bits per heavy atom. The van der Waals surface area contributed by atoms with Gasteiger partial charge in [-0.3, -0.25) is 20.2 Å². The van der Waals surface area contributed by atoms with Crippen LogP contribution >= 0.6 is 11.3 Å². The monoisotopic (exact) mass is 449 g/mol. The van der Waals surface area contributed by atoms with E-state index in [2.05, 4.69) is 20.4 Å². The van der Waals surface area contributed by atoms with Gasteiger partial charge < -0.3 is 4.52 Å². The lowest BCUT2D eigenvalue weighted by Gasteiger charge is -2.11. The lowest BCUT2D eigenvalue weighted by molar-refractivity contribution is -0.384. The van der Waals surface area contributed by atoms with E-state index in [1.165, 1.54) is 23.5 Å². The summed E-state index contributed by atoms with van der Waals surface area (Å²) in [5.41, 5.74) is 1.70. The van der Waals surface area contributed by atoms with E-state index in [1.807, 2.05) is 20.8 Å². The Labute approximate surface area is 187 Å². The zero-order valence-electron chi connectivity index (χ0n) is 17.5. The molecule has 32 heavy (non-hydrogen) atoms. The molecule has 9 nitrogen and oxygen atoms in total. The van der Waals surface area contributed by atoms with Gasteiger partial charge in [0.2, 0.25) is 0 Å². The van der Waals surface area contributed by atoms with Gasteiger partial charge >= 0.3 is 0 Å². The SMILES string of the molecule is CC(C)(C)c1noc(-c2ccccc2C(=O)Nc2nc(-c3cccc([N+](=O)[O-])c3)cs2)n1. The highest BCUT2D eigenvalue weighted by Crippen LogP contribution is 2.29. The number of nitrogens with zero attached hydrogens (tertiary/aromatic N) is 4. The van der Waals surface area contributed by atoms with Crippen LogP contribution in [0.3, 0.4) is 0 Å². The zero-order chi connectivity index (χ0) is 22.9. The number of nitrogens with one attached hydrogen (secondary N) is 1. The summed E-state index contributed by atoms with van der Waals surface area (Å²) in [6, 6.07) is 13.1. The molecular formula is C22H19N5O4S. The number of aromatic nitrogens is 3. The molecule has 0 saturated carbocycles. The van der Waals surface area contributed by atoms with E-state index in [1.54, 1.807) is 41.8 Å². The van der Waals surface area contributed by atoms with Crippen molar-refractivity contribution >= 4 is 28.1 Å². The van der Waals surface area contributed by atoms with E-state index in [0.717, 1.165) is 0 Å². The van der Waals surface area contributed by atoms with Crippen molar-refractivity contribution in [3.63, 3.8) is 0 Å². The number of hydrogen-bond acceptors (Lipinski definition) is 8. The Balaban J connectivity index is 1.58. The number of hydrogen-bond donors (Lipinski definition) is 1. The molecule has 4 rings (SSSR count). The summed E-state index contributed by atoms with van der Waals surface area (Å²) in [5, 5.41) is 19.9. The van der Waals surface area contributed by atoms with Crippen molar-refractivity contribution < 1.29 is 14.2 Å². The van der Waals surface area contributed by atoms with Gasteiger partial charge in [-0.1, -0.05) is 50.2 Å². The molecule has 0 unspecified atom stereocenters. The van der Waals surface area contributed by atoms with Crippen molar-refractivity contribution in [1.82, 2.24) is 15.1 Å². The quantitative estimate of drug-likeness (QED) is 0.323. The maximum Gasteiger partial charge on any atom is 0.270 e. The summed E-state index contributed by atoms with van der Waals surface area (Å²) in [6.45, 7) is 5.92. The van der Waals surface area contributed by atoms with Crippen LogP contribution in [0.25, 0.3) is 22.7 Å². The molecule has 10 heteroatoms. The van der Waals surface area contributed by atoms with Crippen LogP contribution in [0.15, 0.2) is 58.4 Å². The van der Waals surface area contributed by atoms with Gasteiger partial charge in [-0.05, 0) is 12.1 Å². The fraction of sp³-hybridized carbons (Fsp3) is 0.182. The van der Waals surface area contributed by atoms with E-state index < -0.39 is 4.92 Å². The Kier molecular flexibility index (Phi) is 5.54. The molecule has 0 fully saturated rings. The minimum Gasteiger partial charge on any atom is -0.334 e. The highest BCUT2D eigenvalue weighted by Gasteiger charge is 2.24. The van der Waals surface area contributed by atoms with Gasteiger partial charge in [0.25, 0.3) is 17.5 Å². The highest BCUT2D eigenvalue weighted by atomic mass is 32.1. The van der Waals surface area contributed by atoms with Crippen molar-refractivity contribution in [2.45, 2.75) is 26.2 Å². The van der Waals surface area contributed by atoms with Gasteiger partial charge in [-0.15, -0.1) is 11.3 Å². The minimum atomic E-state index is -0.460. The fourth-order valence-corrected chi connectivity index (χ4v) is 3.63. The Morgan fingerprint density at radius 2 is 1.91 bits per heavy atom. The first-order valence-corrected chi connectivity index (χ1v) is 10.6. The van der Waals surface area contributed by atoms with Gasteiger partial charge in [-0.2, -0.15) is 4.98 Å². The van der Waals surface area contributed by atoms with Crippen LogP contribution in [-0.4, -0.2) is 26.0 Å². The molecule has 0 aliphatic carbocycles. The average Bonchev–Trinajstić information content (AvgIpc) is 3.44. The Hall–Kier alpha value is -3.92. The van der Waals surface area contributed by atoms with Gasteiger partial charge in [0.15, 0.2) is 11.0 Å². The molecular weight excluding hydrogens is 430 g/mol. The molecule has 0 saturated heterocycles. The molecule has 1 N–H and O–H groups in total. The van der Waals surface area contributed by atoms with Crippen molar-refractivity contribution in [2.75, 3.05) is 5.32 Å². The van der Waals surface area contributed by atoms with Crippen molar-refractivity contribution in [2.24, 2.45) is 0 Å². The van der Waals surface area contributed by atoms with Crippen LogP contribution < -0.4 is 5.32 Å². The molecule has 0 bridgehead atoms. The second kappa shape index (κ2) is 8.31. The van der Waals surface area contributed by atoms with E-state index in [-0.39, 0.29) is 22.9 Å². The first-order chi connectivity index (χ1) is 15.2. The number of carbonyl (C=O) groups is 1. The third kappa shape index (κ3) is 4.40. The molecule has 4 aromatic rings. The average molecular weight is 449 g/mol. The topological polar surface area (TPSA) is 124 Å². The molecule has 0 aliphatic heterocycles. The van der Waals surface area contributed by atoms with Crippen molar-refractivity contribution in [1.29, 1.82) is 0 Å². The number of nitro groups is 1. The molecule has 1 amide bonds. The highest BCUT2D eigenvalue weighted by molar-refractivity contribution is 7.14.